The Morgan fingerprint density at radius 2 is 1.83 bits per heavy atom. The molecule has 0 aliphatic heterocycles. The molecule has 0 unspecified atom stereocenters. The summed E-state index contributed by atoms with van der Waals surface area (Å²) in [4.78, 5) is 0. The molecule has 2 aromatic carbocycles. The zero-order chi connectivity index (χ0) is 12.7. The number of rotatable bonds is 1. The van der Waals surface area contributed by atoms with Crippen molar-refractivity contribution in [2.75, 3.05) is 0 Å². The maximum atomic E-state index is 7.52. The third-order valence-electron chi connectivity index (χ3n) is 3.07. The van der Waals surface area contributed by atoms with E-state index in [0.717, 1.165) is 4.47 Å². The minimum absolute atomic E-state index is 0.131. The van der Waals surface area contributed by atoms with Gasteiger partial charge in [-0.05, 0) is 34.4 Å². The summed E-state index contributed by atoms with van der Waals surface area (Å²) in [5, 5.41) is 7.81. The third-order valence-corrected chi connectivity index (χ3v) is 4.57. The molecular formula is C14H11BrN2S. The van der Waals surface area contributed by atoms with Gasteiger partial charge in [-0.3, -0.25) is 5.41 Å². The summed E-state index contributed by atoms with van der Waals surface area (Å²) < 4.78 is 1.06. The molecule has 1 atom stereocenters. The first-order valence-electron chi connectivity index (χ1n) is 5.56. The third kappa shape index (κ3) is 1.85. The quantitative estimate of drug-likeness (QED) is 0.613. The highest BCUT2D eigenvalue weighted by molar-refractivity contribution is 9.10. The van der Waals surface area contributed by atoms with Crippen LogP contribution < -0.4 is 5.73 Å². The predicted octanol–water partition coefficient (Wildman–Crippen LogP) is 4.15. The van der Waals surface area contributed by atoms with Gasteiger partial charge in [-0.15, -0.1) is 0 Å². The average molecular weight is 319 g/mol. The van der Waals surface area contributed by atoms with Gasteiger partial charge < -0.3 is 5.73 Å². The van der Waals surface area contributed by atoms with Crippen molar-refractivity contribution < 1.29 is 0 Å². The van der Waals surface area contributed by atoms with Crippen LogP contribution in [-0.4, -0.2) is 5.17 Å². The highest BCUT2D eigenvalue weighted by Crippen LogP contribution is 2.50. The molecule has 0 saturated heterocycles. The standard InChI is InChI=1S/C14H11BrN2S/c15-8-5-6-10-9-3-1-2-4-11(9)13(12(10)7-8)18-14(16)17/h1-7,13H,(H3,16,17)/t13-/m0/s1. The zero-order valence-electron chi connectivity index (χ0n) is 9.48. The van der Waals surface area contributed by atoms with Crippen LogP contribution in [0.25, 0.3) is 11.1 Å². The Morgan fingerprint density at radius 1 is 1.11 bits per heavy atom. The fourth-order valence-electron chi connectivity index (χ4n) is 2.39. The Balaban J connectivity index is 2.21. The van der Waals surface area contributed by atoms with Crippen LogP contribution in [0, 0.1) is 5.41 Å². The summed E-state index contributed by atoms with van der Waals surface area (Å²) in [6, 6.07) is 14.6. The van der Waals surface area contributed by atoms with Crippen LogP contribution in [0.2, 0.25) is 0 Å². The van der Waals surface area contributed by atoms with Crippen molar-refractivity contribution in [1.29, 1.82) is 5.41 Å². The van der Waals surface area contributed by atoms with Crippen molar-refractivity contribution in [3.8, 4) is 11.1 Å². The Labute approximate surface area is 118 Å². The number of hydrogen-bond acceptors (Lipinski definition) is 2. The van der Waals surface area contributed by atoms with E-state index in [1.807, 2.05) is 12.1 Å². The molecule has 1 aliphatic rings. The molecule has 3 rings (SSSR count). The lowest BCUT2D eigenvalue weighted by atomic mass is 10.1. The SMILES string of the molecule is N=C(N)S[C@H]1c2ccccc2-c2ccc(Br)cc21. The number of nitrogens with one attached hydrogen (secondary N) is 1. The summed E-state index contributed by atoms with van der Waals surface area (Å²) in [5.41, 5.74) is 10.5. The highest BCUT2D eigenvalue weighted by atomic mass is 79.9. The first-order chi connectivity index (χ1) is 8.66. The number of amidine groups is 1. The number of thioether (sulfide) groups is 1. The number of halogens is 1. The number of hydrogen-bond donors (Lipinski definition) is 2. The smallest absolute Gasteiger partial charge is 0.151 e. The molecule has 0 fully saturated rings. The topological polar surface area (TPSA) is 49.9 Å². The summed E-state index contributed by atoms with van der Waals surface area (Å²) in [6.07, 6.45) is 0. The summed E-state index contributed by atoms with van der Waals surface area (Å²) in [5.74, 6) is 0. The summed E-state index contributed by atoms with van der Waals surface area (Å²) in [7, 11) is 0. The first-order valence-corrected chi connectivity index (χ1v) is 7.23. The van der Waals surface area contributed by atoms with Gasteiger partial charge in [0, 0.05) is 4.47 Å². The van der Waals surface area contributed by atoms with Crippen molar-refractivity contribution >= 4 is 32.9 Å². The van der Waals surface area contributed by atoms with Gasteiger partial charge in [0.25, 0.3) is 0 Å². The molecule has 0 saturated carbocycles. The Bertz CT molecular complexity index is 639. The fraction of sp³-hybridized carbons (Fsp3) is 0.0714. The molecule has 0 amide bonds. The lowest BCUT2D eigenvalue weighted by Crippen LogP contribution is -2.07. The first kappa shape index (κ1) is 11.8. The van der Waals surface area contributed by atoms with Crippen molar-refractivity contribution in [2.24, 2.45) is 5.73 Å². The minimum atomic E-state index is 0.131. The van der Waals surface area contributed by atoms with Gasteiger partial charge in [0.2, 0.25) is 0 Å². The largest absolute Gasteiger partial charge is 0.379 e. The van der Waals surface area contributed by atoms with Crippen LogP contribution in [-0.2, 0) is 0 Å². The molecule has 3 N–H and O–H groups in total. The Hall–Kier alpha value is -1.26. The van der Waals surface area contributed by atoms with Crippen molar-refractivity contribution in [3.63, 3.8) is 0 Å². The van der Waals surface area contributed by atoms with Crippen LogP contribution in [0.15, 0.2) is 46.9 Å². The Kier molecular flexibility index (Phi) is 2.92. The second-order valence-electron chi connectivity index (χ2n) is 4.18. The molecule has 18 heavy (non-hydrogen) atoms. The van der Waals surface area contributed by atoms with Crippen molar-refractivity contribution in [2.45, 2.75) is 5.25 Å². The van der Waals surface area contributed by atoms with Gasteiger partial charge in [0.05, 0.1) is 5.25 Å². The molecular weight excluding hydrogens is 308 g/mol. The van der Waals surface area contributed by atoms with Gasteiger partial charge in [-0.2, -0.15) is 0 Å². The zero-order valence-corrected chi connectivity index (χ0v) is 11.9. The highest BCUT2D eigenvalue weighted by Gasteiger charge is 2.29. The minimum Gasteiger partial charge on any atom is -0.379 e. The van der Waals surface area contributed by atoms with Gasteiger partial charge in [0.1, 0.15) is 0 Å². The predicted molar refractivity (Wildman–Crippen MR) is 80.9 cm³/mol. The molecule has 2 aromatic rings. The van der Waals surface area contributed by atoms with Crippen LogP contribution in [0.1, 0.15) is 16.4 Å². The van der Waals surface area contributed by atoms with E-state index in [1.165, 1.54) is 34.0 Å². The van der Waals surface area contributed by atoms with Crippen LogP contribution in [0.5, 0.6) is 0 Å². The van der Waals surface area contributed by atoms with E-state index in [2.05, 4.69) is 46.3 Å². The van der Waals surface area contributed by atoms with E-state index in [0.29, 0.717) is 0 Å². The van der Waals surface area contributed by atoms with E-state index in [1.54, 1.807) is 0 Å². The molecule has 0 heterocycles. The van der Waals surface area contributed by atoms with Gasteiger partial charge in [-0.25, -0.2) is 0 Å². The van der Waals surface area contributed by atoms with E-state index >= 15 is 0 Å². The molecule has 2 nitrogen and oxygen atoms in total. The van der Waals surface area contributed by atoms with Crippen LogP contribution in [0.3, 0.4) is 0 Å². The fourth-order valence-corrected chi connectivity index (χ4v) is 3.68. The van der Waals surface area contributed by atoms with E-state index in [4.69, 9.17) is 11.1 Å². The number of benzene rings is 2. The number of nitrogens with two attached hydrogens (primary N) is 1. The lowest BCUT2D eigenvalue weighted by molar-refractivity contribution is 1.22. The molecule has 0 radical (unpaired) electrons. The lowest BCUT2D eigenvalue weighted by Gasteiger charge is -2.11. The molecule has 1 aliphatic carbocycles. The molecule has 0 spiro atoms. The summed E-state index contributed by atoms with van der Waals surface area (Å²) >= 11 is 4.91. The molecule has 4 heteroatoms. The second kappa shape index (κ2) is 4.44. The van der Waals surface area contributed by atoms with Crippen LogP contribution in [0.4, 0.5) is 0 Å². The number of fused-ring (bicyclic) bond motifs is 3. The van der Waals surface area contributed by atoms with Crippen molar-refractivity contribution in [1.82, 2.24) is 0 Å². The Morgan fingerprint density at radius 3 is 2.61 bits per heavy atom. The van der Waals surface area contributed by atoms with Gasteiger partial charge >= 0.3 is 0 Å². The van der Waals surface area contributed by atoms with E-state index in [9.17, 15) is 0 Å². The second-order valence-corrected chi connectivity index (χ2v) is 6.24. The van der Waals surface area contributed by atoms with Gasteiger partial charge in [-0.1, -0.05) is 58.0 Å². The maximum Gasteiger partial charge on any atom is 0.151 e. The van der Waals surface area contributed by atoms with E-state index < -0.39 is 0 Å². The molecule has 90 valence electrons. The monoisotopic (exact) mass is 318 g/mol. The summed E-state index contributed by atoms with van der Waals surface area (Å²) in [6.45, 7) is 0. The average Bonchev–Trinajstić information content (AvgIpc) is 2.63. The normalized spacial score (nSPS) is 16.2. The molecule has 0 bridgehead atoms. The molecule has 0 aromatic heterocycles. The van der Waals surface area contributed by atoms with E-state index in [-0.39, 0.29) is 10.4 Å². The van der Waals surface area contributed by atoms with Crippen molar-refractivity contribution in [3.05, 3.63) is 58.1 Å². The van der Waals surface area contributed by atoms with Gasteiger partial charge in [0.15, 0.2) is 5.17 Å². The maximum absolute atomic E-state index is 7.52. The van der Waals surface area contributed by atoms with Crippen LogP contribution >= 0.6 is 27.7 Å².